The molecule has 4 rings (SSSR count). The highest BCUT2D eigenvalue weighted by molar-refractivity contribution is 7.95. The molecule has 1 aromatic carbocycles. The van der Waals surface area contributed by atoms with Crippen LogP contribution in [0.2, 0.25) is 0 Å². The number of sulfone groups is 1. The van der Waals surface area contributed by atoms with E-state index < -0.39 is 15.8 Å². The molecule has 2 aliphatic rings. The Bertz CT molecular complexity index is 1090. The van der Waals surface area contributed by atoms with E-state index in [4.69, 9.17) is 10.5 Å². The summed E-state index contributed by atoms with van der Waals surface area (Å²) in [4.78, 5) is 2.80. The molecule has 138 valence electrons. The topological polar surface area (TPSA) is 96.4 Å². The molecule has 1 atom stereocenters. The van der Waals surface area contributed by atoms with Crippen LogP contribution in [-0.2, 0) is 9.84 Å². The van der Waals surface area contributed by atoms with Crippen molar-refractivity contribution < 1.29 is 13.2 Å². The molecule has 2 aliphatic heterocycles. The van der Waals surface area contributed by atoms with Gasteiger partial charge in [-0.05, 0) is 35.7 Å². The molecule has 3 heterocycles. The van der Waals surface area contributed by atoms with Crippen molar-refractivity contribution in [1.29, 1.82) is 5.26 Å². The molecule has 0 amide bonds. The van der Waals surface area contributed by atoms with Crippen molar-refractivity contribution in [2.24, 2.45) is 5.73 Å². The number of anilines is 1. The van der Waals surface area contributed by atoms with Gasteiger partial charge in [0.1, 0.15) is 11.6 Å². The lowest BCUT2D eigenvalue weighted by Crippen LogP contribution is -2.34. The molecule has 0 spiro atoms. The Morgan fingerprint density at radius 1 is 1.30 bits per heavy atom. The van der Waals surface area contributed by atoms with Crippen molar-refractivity contribution in [3.8, 4) is 11.8 Å². The molecule has 2 aromatic rings. The smallest absolute Gasteiger partial charge is 0.177 e. The lowest BCUT2D eigenvalue weighted by atomic mass is 9.92. The van der Waals surface area contributed by atoms with Gasteiger partial charge < -0.3 is 10.5 Å². The highest BCUT2D eigenvalue weighted by atomic mass is 32.2. The molecule has 0 bridgehead atoms. The summed E-state index contributed by atoms with van der Waals surface area (Å²) in [5.41, 5.74) is 8.02. The normalized spacial score (nSPS) is 21.2. The second kappa shape index (κ2) is 6.44. The second-order valence-electron chi connectivity index (χ2n) is 6.27. The number of ether oxygens (including phenoxy) is 1. The van der Waals surface area contributed by atoms with Crippen LogP contribution in [0.4, 0.5) is 5.69 Å². The molecule has 1 aromatic heterocycles. The molecule has 2 N–H and O–H groups in total. The van der Waals surface area contributed by atoms with Gasteiger partial charge in [-0.2, -0.15) is 5.26 Å². The number of hydrogen-bond donors (Lipinski definition) is 1. The Hall–Kier alpha value is -2.76. The molecule has 0 saturated heterocycles. The van der Waals surface area contributed by atoms with Crippen molar-refractivity contribution in [1.82, 2.24) is 0 Å². The summed E-state index contributed by atoms with van der Waals surface area (Å²) in [5, 5.41) is 11.7. The number of rotatable bonds is 3. The largest absolute Gasteiger partial charge is 0.497 e. The Morgan fingerprint density at radius 2 is 2.04 bits per heavy atom. The van der Waals surface area contributed by atoms with E-state index in [2.05, 4.69) is 6.07 Å². The van der Waals surface area contributed by atoms with E-state index in [1.54, 1.807) is 24.1 Å². The molecule has 27 heavy (non-hydrogen) atoms. The number of thiophene rings is 1. The van der Waals surface area contributed by atoms with Gasteiger partial charge in [-0.1, -0.05) is 6.07 Å². The number of allylic oxidation sites excluding steroid dienone is 3. The maximum Gasteiger partial charge on any atom is 0.177 e. The fourth-order valence-corrected chi connectivity index (χ4v) is 6.39. The maximum atomic E-state index is 12.9. The Morgan fingerprint density at radius 3 is 2.63 bits per heavy atom. The third-order valence-electron chi connectivity index (χ3n) is 4.84. The second-order valence-corrected chi connectivity index (χ2v) is 9.33. The zero-order valence-electron chi connectivity index (χ0n) is 14.5. The summed E-state index contributed by atoms with van der Waals surface area (Å²) in [6, 6.07) is 13.0. The summed E-state index contributed by atoms with van der Waals surface area (Å²) >= 11 is 1.43. The molecule has 6 nitrogen and oxygen atoms in total. The Kier molecular flexibility index (Phi) is 4.21. The van der Waals surface area contributed by atoms with Gasteiger partial charge in [0.05, 0.1) is 35.3 Å². The number of nitrogens with zero attached hydrogens (tertiary/aromatic N) is 2. The van der Waals surface area contributed by atoms with E-state index in [1.807, 2.05) is 29.6 Å². The fraction of sp³-hybridized carbons (Fsp3) is 0.211. The van der Waals surface area contributed by atoms with Gasteiger partial charge in [-0.15, -0.1) is 11.3 Å². The number of benzene rings is 1. The van der Waals surface area contributed by atoms with Crippen molar-refractivity contribution in [3.63, 3.8) is 0 Å². The van der Waals surface area contributed by atoms with E-state index in [0.717, 1.165) is 4.88 Å². The van der Waals surface area contributed by atoms with Gasteiger partial charge in [-0.25, -0.2) is 8.42 Å². The average molecular weight is 399 g/mol. The van der Waals surface area contributed by atoms with Gasteiger partial charge >= 0.3 is 0 Å². The molecule has 0 radical (unpaired) electrons. The predicted molar refractivity (Wildman–Crippen MR) is 105 cm³/mol. The van der Waals surface area contributed by atoms with Crippen LogP contribution in [0.3, 0.4) is 0 Å². The van der Waals surface area contributed by atoms with E-state index >= 15 is 0 Å². The van der Waals surface area contributed by atoms with Crippen LogP contribution in [0.5, 0.6) is 5.75 Å². The van der Waals surface area contributed by atoms with Crippen LogP contribution >= 0.6 is 11.3 Å². The molecule has 0 saturated carbocycles. The van der Waals surface area contributed by atoms with Crippen LogP contribution in [0.1, 0.15) is 17.2 Å². The minimum atomic E-state index is -3.46. The summed E-state index contributed by atoms with van der Waals surface area (Å²) in [6.07, 6.45) is 0.366. The summed E-state index contributed by atoms with van der Waals surface area (Å²) in [7, 11) is -1.89. The molecular weight excluding hydrogens is 382 g/mol. The minimum absolute atomic E-state index is 0.0260. The quantitative estimate of drug-likeness (QED) is 0.852. The number of hydrogen-bond acceptors (Lipinski definition) is 7. The molecular formula is C19H17N3O3S2. The first-order chi connectivity index (χ1) is 13.0. The first-order valence-corrected chi connectivity index (χ1v) is 10.8. The lowest BCUT2D eigenvalue weighted by molar-refractivity contribution is 0.415. The maximum absolute atomic E-state index is 12.9. The van der Waals surface area contributed by atoms with Crippen molar-refractivity contribution >= 4 is 26.9 Å². The van der Waals surface area contributed by atoms with Gasteiger partial charge in [0.2, 0.25) is 0 Å². The highest BCUT2D eigenvalue weighted by Crippen LogP contribution is 2.49. The van der Waals surface area contributed by atoms with E-state index in [0.29, 0.717) is 28.5 Å². The zero-order valence-corrected chi connectivity index (χ0v) is 16.2. The van der Waals surface area contributed by atoms with E-state index in [1.165, 1.54) is 11.3 Å². The third-order valence-corrected chi connectivity index (χ3v) is 7.66. The molecule has 0 fully saturated rings. The van der Waals surface area contributed by atoms with Crippen LogP contribution in [-0.4, -0.2) is 21.3 Å². The molecule has 8 heteroatoms. The van der Waals surface area contributed by atoms with Crippen LogP contribution in [0, 0.1) is 11.3 Å². The van der Waals surface area contributed by atoms with Crippen molar-refractivity contribution in [3.05, 3.63) is 68.7 Å². The first-order valence-electron chi connectivity index (χ1n) is 8.31. The van der Waals surface area contributed by atoms with E-state index in [9.17, 15) is 13.7 Å². The monoisotopic (exact) mass is 399 g/mol. The summed E-state index contributed by atoms with van der Waals surface area (Å²) < 4.78 is 30.9. The predicted octanol–water partition coefficient (Wildman–Crippen LogP) is 3.08. The number of nitriles is 1. The minimum Gasteiger partial charge on any atom is -0.497 e. The van der Waals surface area contributed by atoms with Crippen molar-refractivity contribution in [2.75, 3.05) is 17.8 Å². The molecule has 0 aliphatic carbocycles. The fourth-order valence-electron chi connectivity index (χ4n) is 3.63. The van der Waals surface area contributed by atoms with Gasteiger partial charge in [0, 0.05) is 22.7 Å². The summed E-state index contributed by atoms with van der Waals surface area (Å²) in [6.45, 7) is 0. The van der Waals surface area contributed by atoms with Gasteiger partial charge in [0.15, 0.2) is 9.84 Å². The first kappa shape index (κ1) is 17.6. The number of nitrogens with two attached hydrogens (primary N) is 1. The lowest BCUT2D eigenvalue weighted by Gasteiger charge is -2.34. The number of methoxy groups -OCH3 is 1. The van der Waals surface area contributed by atoms with E-state index in [-0.39, 0.29) is 17.1 Å². The standard InChI is InChI=1S/C19H17N3O3S2/c1-25-13-6-4-12(5-7-13)22-15-8-10-27(23,24)18(15)17(14(11-20)19(22)21)16-3-2-9-26-16/h2-7,9,17H,8,10,21H2,1H3. The van der Waals surface area contributed by atoms with Gasteiger partial charge in [-0.3, -0.25) is 4.90 Å². The molecule has 1 unspecified atom stereocenters. The van der Waals surface area contributed by atoms with Crippen LogP contribution in [0.25, 0.3) is 0 Å². The van der Waals surface area contributed by atoms with Crippen LogP contribution in [0.15, 0.2) is 63.8 Å². The Labute approximate surface area is 161 Å². The van der Waals surface area contributed by atoms with Gasteiger partial charge in [0.25, 0.3) is 0 Å². The van der Waals surface area contributed by atoms with Crippen molar-refractivity contribution in [2.45, 2.75) is 12.3 Å². The van der Waals surface area contributed by atoms with Crippen LogP contribution < -0.4 is 15.4 Å². The average Bonchev–Trinajstić information content (AvgIpc) is 3.29. The third kappa shape index (κ3) is 2.71. The summed E-state index contributed by atoms with van der Waals surface area (Å²) in [5.74, 6) is 0.352. The Balaban J connectivity index is 1.95. The zero-order chi connectivity index (χ0) is 19.2. The SMILES string of the molecule is COc1ccc(N2C(N)=C(C#N)C(c3cccs3)C3=C2CCS3(=O)=O)cc1. The highest BCUT2D eigenvalue weighted by Gasteiger charge is 2.45.